The maximum atomic E-state index is 6.34. The van der Waals surface area contributed by atoms with E-state index in [2.05, 4.69) is 126 Å². The highest BCUT2D eigenvalue weighted by molar-refractivity contribution is 5.99. The van der Waals surface area contributed by atoms with E-state index in [0.29, 0.717) is 0 Å². The first kappa shape index (κ1) is 25.0. The van der Waals surface area contributed by atoms with Crippen LogP contribution in [0.25, 0.3) is 33.0 Å². The fourth-order valence-electron chi connectivity index (χ4n) is 5.83. The van der Waals surface area contributed by atoms with Crippen molar-refractivity contribution in [3.8, 4) is 45.3 Å². The summed E-state index contributed by atoms with van der Waals surface area (Å²) in [7, 11) is 0. The smallest absolute Gasteiger partial charge is 0.177 e. The van der Waals surface area contributed by atoms with Crippen molar-refractivity contribution in [2.45, 2.75) is 0 Å². The van der Waals surface area contributed by atoms with Crippen molar-refractivity contribution in [1.29, 1.82) is 0 Å². The second-order valence-corrected chi connectivity index (χ2v) is 10.6. The Morgan fingerprint density at radius 3 is 1.70 bits per heavy atom. The van der Waals surface area contributed by atoms with Gasteiger partial charge in [-0.1, -0.05) is 115 Å². The molecule has 0 amide bonds. The Kier molecular flexibility index (Phi) is 6.12. The lowest BCUT2D eigenvalue weighted by Gasteiger charge is -2.27. The van der Waals surface area contributed by atoms with E-state index in [0.717, 1.165) is 51.2 Å². The molecule has 1 heterocycles. The fourth-order valence-corrected chi connectivity index (χ4v) is 5.83. The third-order valence-electron chi connectivity index (χ3n) is 7.94. The molecule has 43 heavy (non-hydrogen) atoms. The SMILES string of the molecule is c1ccc(-c2ccc(N(c3ccc(-c4cccc5c4Oc4ccccc4O5)cc3)c3cccc4ccccc34)cc2)cc1. The second kappa shape index (κ2) is 10.6. The molecule has 0 N–H and O–H groups in total. The summed E-state index contributed by atoms with van der Waals surface area (Å²) < 4.78 is 12.5. The van der Waals surface area contributed by atoms with Gasteiger partial charge in [-0.25, -0.2) is 0 Å². The molecule has 0 saturated heterocycles. The van der Waals surface area contributed by atoms with Gasteiger partial charge in [-0.15, -0.1) is 0 Å². The van der Waals surface area contributed by atoms with E-state index in [-0.39, 0.29) is 0 Å². The molecule has 3 heteroatoms. The van der Waals surface area contributed by atoms with Gasteiger partial charge in [-0.05, 0) is 70.6 Å². The molecule has 204 valence electrons. The van der Waals surface area contributed by atoms with Gasteiger partial charge in [0.2, 0.25) is 0 Å². The van der Waals surface area contributed by atoms with Gasteiger partial charge in [-0.2, -0.15) is 0 Å². The predicted octanol–water partition coefficient (Wildman–Crippen LogP) is 11.5. The van der Waals surface area contributed by atoms with Crippen LogP contribution in [0, 0.1) is 0 Å². The maximum Gasteiger partial charge on any atom is 0.177 e. The molecule has 0 atom stereocenters. The van der Waals surface area contributed by atoms with Crippen molar-refractivity contribution in [1.82, 2.24) is 0 Å². The van der Waals surface area contributed by atoms with Gasteiger partial charge in [-0.3, -0.25) is 0 Å². The number of hydrogen-bond donors (Lipinski definition) is 0. The Hall–Kier alpha value is -5.80. The molecule has 0 aromatic heterocycles. The molecule has 0 spiro atoms. The summed E-state index contributed by atoms with van der Waals surface area (Å²) in [6.07, 6.45) is 0. The molecule has 8 rings (SSSR count). The minimum absolute atomic E-state index is 0.719. The van der Waals surface area contributed by atoms with Crippen LogP contribution < -0.4 is 14.4 Å². The van der Waals surface area contributed by atoms with Crippen molar-refractivity contribution in [3.05, 3.63) is 164 Å². The van der Waals surface area contributed by atoms with Crippen LogP contribution >= 0.6 is 0 Å². The first-order valence-electron chi connectivity index (χ1n) is 14.4. The van der Waals surface area contributed by atoms with Gasteiger partial charge in [0, 0.05) is 22.3 Å². The lowest BCUT2D eigenvalue weighted by Crippen LogP contribution is -2.10. The maximum absolute atomic E-state index is 6.34. The third kappa shape index (κ3) is 4.58. The van der Waals surface area contributed by atoms with E-state index in [1.807, 2.05) is 42.5 Å². The number of para-hydroxylation sites is 3. The Balaban J connectivity index is 1.21. The highest BCUT2D eigenvalue weighted by atomic mass is 16.6. The predicted molar refractivity (Wildman–Crippen MR) is 176 cm³/mol. The van der Waals surface area contributed by atoms with Crippen LogP contribution in [0.2, 0.25) is 0 Å². The number of benzene rings is 7. The zero-order chi connectivity index (χ0) is 28.6. The summed E-state index contributed by atoms with van der Waals surface area (Å²) in [5.74, 6) is 2.90. The van der Waals surface area contributed by atoms with Crippen LogP contribution in [0.5, 0.6) is 23.0 Å². The third-order valence-corrected chi connectivity index (χ3v) is 7.94. The monoisotopic (exact) mass is 553 g/mol. The number of ether oxygens (including phenoxy) is 2. The molecule has 0 aliphatic carbocycles. The molecule has 0 unspecified atom stereocenters. The van der Waals surface area contributed by atoms with E-state index in [1.165, 1.54) is 21.9 Å². The van der Waals surface area contributed by atoms with Gasteiger partial charge < -0.3 is 14.4 Å². The molecular weight excluding hydrogens is 526 g/mol. The van der Waals surface area contributed by atoms with Gasteiger partial charge in [0.1, 0.15) is 0 Å². The first-order valence-corrected chi connectivity index (χ1v) is 14.4. The van der Waals surface area contributed by atoms with Crippen molar-refractivity contribution < 1.29 is 9.47 Å². The normalized spacial score (nSPS) is 11.6. The molecule has 0 radical (unpaired) electrons. The molecule has 7 aromatic rings. The summed E-state index contributed by atoms with van der Waals surface area (Å²) in [5.41, 5.74) is 7.73. The molecule has 0 fully saturated rings. The lowest BCUT2D eigenvalue weighted by molar-refractivity contribution is 0.361. The molecule has 0 bridgehead atoms. The fraction of sp³-hybridized carbons (Fsp3) is 0. The molecule has 1 aliphatic rings. The average Bonchev–Trinajstić information content (AvgIpc) is 3.08. The standard InChI is InChI=1S/C40H27NO2/c1-2-10-28(11-3-1)29-20-24-32(25-21-29)41(36-16-8-13-30-12-4-5-14-34(30)36)33-26-22-31(23-27-33)35-15-9-19-39-40(35)43-38-18-7-6-17-37(38)42-39/h1-27H. The second-order valence-electron chi connectivity index (χ2n) is 10.6. The number of hydrogen-bond acceptors (Lipinski definition) is 3. The van der Waals surface area contributed by atoms with Crippen LogP contribution in [0.15, 0.2) is 164 Å². The molecular formula is C40H27NO2. The molecule has 3 nitrogen and oxygen atoms in total. The Morgan fingerprint density at radius 2 is 0.930 bits per heavy atom. The van der Waals surface area contributed by atoms with Crippen molar-refractivity contribution >= 4 is 27.8 Å². The number of anilines is 3. The Morgan fingerprint density at radius 1 is 0.372 bits per heavy atom. The van der Waals surface area contributed by atoms with Gasteiger partial charge in [0.05, 0.1) is 5.69 Å². The lowest BCUT2D eigenvalue weighted by atomic mass is 10.0. The summed E-state index contributed by atoms with van der Waals surface area (Å²) in [4.78, 5) is 2.33. The molecule has 0 saturated carbocycles. The number of fused-ring (bicyclic) bond motifs is 3. The largest absolute Gasteiger partial charge is 0.449 e. The van der Waals surface area contributed by atoms with E-state index in [9.17, 15) is 0 Å². The summed E-state index contributed by atoms with van der Waals surface area (Å²) in [6.45, 7) is 0. The average molecular weight is 554 g/mol. The minimum Gasteiger partial charge on any atom is -0.449 e. The summed E-state index contributed by atoms with van der Waals surface area (Å²) >= 11 is 0. The van der Waals surface area contributed by atoms with Crippen LogP contribution in [0.4, 0.5) is 17.1 Å². The van der Waals surface area contributed by atoms with E-state index >= 15 is 0 Å². The van der Waals surface area contributed by atoms with E-state index < -0.39 is 0 Å². The zero-order valence-corrected chi connectivity index (χ0v) is 23.4. The van der Waals surface area contributed by atoms with Gasteiger partial charge >= 0.3 is 0 Å². The van der Waals surface area contributed by atoms with E-state index in [1.54, 1.807) is 0 Å². The van der Waals surface area contributed by atoms with Gasteiger partial charge in [0.25, 0.3) is 0 Å². The van der Waals surface area contributed by atoms with Gasteiger partial charge in [0.15, 0.2) is 23.0 Å². The van der Waals surface area contributed by atoms with Crippen molar-refractivity contribution in [3.63, 3.8) is 0 Å². The van der Waals surface area contributed by atoms with Crippen molar-refractivity contribution in [2.75, 3.05) is 4.90 Å². The van der Waals surface area contributed by atoms with Crippen molar-refractivity contribution in [2.24, 2.45) is 0 Å². The van der Waals surface area contributed by atoms with Crippen LogP contribution in [-0.2, 0) is 0 Å². The molecule has 7 aromatic carbocycles. The van der Waals surface area contributed by atoms with E-state index in [4.69, 9.17) is 9.47 Å². The topological polar surface area (TPSA) is 21.7 Å². The highest BCUT2D eigenvalue weighted by Gasteiger charge is 2.22. The zero-order valence-electron chi connectivity index (χ0n) is 23.4. The summed E-state index contributed by atoms with van der Waals surface area (Å²) in [5, 5.41) is 2.40. The van der Waals surface area contributed by atoms with Crippen LogP contribution in [0.1, 0.15) is 0 Å². The minimum atomic E-state index is 0.719. The molecule has 1 aliphatic heterocycles. The van der Waals surface area contributed by atoms with Crippen LogP contribution in [0.3, 0.4) is 0 Å². The summed E-state index contributed by atoms with van der Waals surface area (Å²) in [6, 6.07) is 56.8. The first-order chi connectivity index (χ1) is 21.3. The Bertz CT molecular complexity index is 2060. The number of nitrogens with zero attached hydrogens (tertiary/aromatic N) is 1. The number of rotatable bonds is 5. The Labute approximate surface area is 250 Å². The highest BCUT2D eigenvalue weighted by Crippen LogP contribution is 2.50. The van der Waals surface area contributed by atoms with Crippen LogP contribution in [-0.4, -0.2) is 0 Å². The quantitative estimate of drug-likeness (QED) is 0.212.